The van der Waals surface area contributed by atoms with Crippen molar-refractivity contribution in [3.63, 3.8) is 0 Å². The minimum Gasteiger partial charge on any atom is -0.456 e. The van der Waals surface area contributed by atoms with E-state index in [1.165, 1.54) is 21.0 Å². The van der Waals surface area contributed by atoms with Gasteiger partial charge in [-0.15, -0.1) is 0 Å². The van der Waals surface area contributed by atoms with E-state index >= 15 is 0 Å². The zero-order chi connectivity index (χ0) is 16.7. The van der Waals surface area contributed by atoms with E-state index in [1.807, 2.05) is 0 Å². The fourth-order valence-electron chi connectivity index (χ4n) is 2.32. The number of ether oxygens (including phenoxy) is 3. The van der Waals surface area contributed by atoms with Crippen LogP contribution in [0.25, 0.3) is 0 Å². The number of rotatable bonds is 2. The van der Waals surface area contributed by atoms with Gasteiger partial charge in [0.2, 0.25) is 4.51 Å². The first-order valence-electron chi connectivity index (χ1n) is 6.17. The minimum absolute atomic E-state index is 0.524. The van der Waals surface area contributed by atoms with E-state index in [9.17, 15) is 14.4 Å². The minimum atomic E-state index is -1.37. The molecule has 0 aromatic rings. The smallest absolute Gasteiger partial charge is 0.434 e. The summed E-state index contributed by atoms with van der Waals surface area (Å²) < 4.78 is 14.3. The molecule has 2 aliphatic heterocycles. The van der Waals surface area contributed by atoms with Gasteiger partial charge in [0.15, 0.2) is 12.2 Å². The first kappa shape index (κ1) is 17.2. The summed E-state index contributed by atoms with van der Waals surface area (Å²) in [5.74, 6) is -1.16. The molecule has 0 aromatic carbocycles. The summed E-state index contributed by atoms with van der Waals surface area (Å²) in [4.78, 5) is 40.1. The van der Waals surface area contributed by atoms with Gasteiger partial charge in [0.25, 0.3) is 0 Å². The number of halogens is 2. The zero-order valence-electron chi connectivity index (χ0n) is 11.9. The molecule has 122 valence electrons. The van der Waals surface area contributed by atoms with E-state index in [-0.39, 0.29) is 0 Å². The van der Waals surface area contributed by atoms with Crippen molar-refractivity contribution in [1.82, 2.24) is 5.06 Å². The second-order valence-electron chi connectivity index (χ2n) is 4.66. The Balaban J connectivity index is 2.45. The average Bonchev–Trinajstić information content (AvgIpc) is 2.39. The number of carbonyl (C=O) groups is 3. The predicted octanol–water partition coefficient (Wildman–Crippen LogP) is 1.62. The van der Waals surface area contributed by atoms with E-state index in [1.54, 1.807) is 6.08 Å². The van der Waals surface area contributed by atoms with Crippen molar-refractivity contribution in [2.75, 3.05) is 7.11 Å². The number of esters is 2. The van der Waals surface area contributed by atoms with Gasteiger partial charge in [0, 0.05) is 18.3 Å². The molecule has 0 saturated carbocycles. The number of hydrogen-bond donors (Lipinski definition) is 0. The van der Waals surface area contributed by atoms with Crippen molar-refractivity contribution in [1.29, 1.82) is 0 Å². The van der Waals surface area contributed by atoms with Crippen LogP contribution in [0.5, 0.6) is 0 Å². The predicted molar refractivity (Wildman–Crippen MR) is 78.9 cm³/mol. The van der Waals surface area contributed by atoms with Crippen LogP contribution in [-0.2, 0) is 28.6 Å². The summed E-state index contributed by atoms with van der Waals surface area (Å²) >= 11 is 6.60. The Morgan fingerprint density at radius 1 is 1.27 bits per heavy atom. The first-order chi connectivity index (χ1) is 10.2. The van der Waals surface area contributed by atoms with Crippen molar-refractivity contribution in [2.45, 2.75) is 36.6 Å². The largest absolute Gasteiger partial charge is 0.456 e. The quantitative estimate of drug-likeness (QED) is 0.364. The van der Waals surface area contributed by atoms with Crippen molar-refractivity contribution in [3.8, 4) is 0 Å². The fourth-order valence-corrected chi connectivity index (χ4v) is 4.17. The third-order valence-corrected chi connectivity index (χ3v) is 4.58. The first-order valence-corrected chi connectivity index (χ1v) is 7.76. The Kier molecular flexibility index (Phi) is 4.83. The highest BCUT2D eigenvalue weighted by molar-refractivity contribution is 9.12. The van der Waals surface area contributed by atoms with Crippen LogP contribution in [0.15, 0.2) is 10.6 Å². The molecular formula is C12H13Br2NO7. The molecule has 1 fully saturated rings. The average molecular weight is 443 g/mol. The Labute approximate surface area is 142 Å². The molecule has 22 heavy (non-hydrogen) atoms. The maximum Gasteiger partial charge on any atom is 0.434 e. The Bertz CT molecular complexity index is 552. The Hall–Kier alpha value is -1.13. The van der Waals surface area contributed by atoms with E-state index in [4.69, 9.17) is 14.3 Å². The maximum absolute atomic E-state index is 11.9. The van der Waals surface area contributed by atoms with Crippen LogP contribution in [0, 0.1) is 0 Å². The molecular weight excluding hydrogens is 430 g/mol. The Morgan fingerprint density at radius 3 is 2.36 bits per heavy atom. The molecule has 2 heterocycles. The van der Waals surface area contributed by atoms with E-state index in [0.717, 1.165) is 5.06 Å². The molecule has 2 bridgehead atoms. The van der Waals surface area contributed by atoms with Gasteiger partial charge in [-0.25, -0.2) is 9.63 Å². The van der Waals surface area contributed by atoms with Crippen LogP contribution < -0.4 is 0 Å². The standard InChI is InChI=1S/C12H13Br2NO7/c1-5(16)20-9-8-7(13)4-12(14,10(9)21-6(2)17)22-15(8)11(18)19-3/h4,8-10H,1-3H3/t8?,9-,10-,12?/m0/s1. The van der Waals surface area contributed by atoms with Crippen LogP contribution in [0.2, 0.25) is 0 Å². The highest BCUT2D eigenvalue weighted by atomic mass is 79.9. The van der Waals surface area contributed by atoms with Gasteiger partial charge in [0.05, 0.1) is 7.11 Å². The third kappa shape index (κ3) is 2.99. The van der Waals surface area contributed by atoms with Crippen molar-refractivity contribution < 1.29 is 33.4 Å². The summed E-state index contributed by atoms with van der Waals surface area (Å²) in [5, 5.41) is 0.923. The molecule has 4 atom stereocenters. The Morgan fingerprint density at radius 2 is 1.86 bits per heavy atom. The third-order valence-electron chi connectivity index (χ3n) is 3.06. The zero-order valence-corrected chi connectivity index (χ0v) is 15.0. The van der Waals surface area contributed by atoms with Crippen LogP contribution in [-0.4, -0.2) is 53.0 Å². The van der Waals surface area contributed by atoms with Gasteiger partial charge in [0.1, 0.15) is 6.04 Å². The molecule has 0 aromatic heterocycles. The molecule has 1 saturated heterocycles. The number of carbonyl (C=O) groups excluding carboxylic acids is 3. The summed E-state index contributed by atoms with van der Waals surface area (Å²) in [7, 11) is 1.19. The van der Waals surface area contributed by atoms with Crippen LogP contribution >= 0.6 is 31.9 Å². The van der Waals surface area contributed by atoms with Gasteiger partial charge >= 0.3 is 18.0 Å². The maximum atomic E-state index is 11.9. The van der Waals surface area contributed by atoms with Gasteiger partial charge in [-0.05, 0) is 22.0 Å². The lowest BCUT2D eigenvalue weighted by atomic mass is 9.91. The SMILES string of the molecule is COC(=O)N1OC2(Br)C=C(Br)C1[C@H](OC(C)=O)[C@@H]2OC(C)=O. The molecule has 8 nitrogen and oxygen atoms in total. The lowest BCUT2D eigenvalue weighted by molar-refractivity contribution is -0.289. The van der Waals surface area contributed by atoms with Crippen molar-refractivity contribution >= 4 is 49.9 Å². The topological polar surface area (TPSA) is 91.4 Å². The number of hydroxylamine groups is 2. The number of methoxy groups -OCH3 is 1. The number of nitrogens with zero attached hydrogens (tertiary/aromatic N) is 1. The second kappa shape index (κ2) is 6.17. The lowest BCUT2D eigenvalue weighted by Gasteiger charge is -2.52. The van der Waals surface area contributed by atoms with E-state index in [2.05, 4.69) is 36.6 Å². The monoisotopic (exact) mass is 441 g/mol. The number of alkyl halides is 1. The molecule has 2 unspecified atom stereocenters. The normalized spacial score (nSPS) is 33.0. The van der Waals surface area contributed by atoms with E-state index in [0.29, 0.717) is 4.48 Å². The summed E-state index contributed by atoms with van der Waals surface area (Å²) in [6.45, 7) is 2.44. The van der Waals surface area contributed by atoms with E-state index < -0.39 is 40.8 Å². The number of amides is 1. The fraction of sp³-hybridized carbons (Fsp3) is 0.583. The van der Waals surface area contributed by atoms with Crippen molar-refractivity contribution in [2.24, 2.45) is 0 Å². The summed E-state index contributed by atoms with van der Waals surface area (Å²) in [6, 6.07) is -0.833. The highest BCUT2D eigenvalue weighted by Crippen LogP contribution is 2.48. The van der Waals surface area contributed by atoms with Crippen molar-refractivity contribution in [3.05, 3.63) is 10.6 Å². The molecule has 1 aliphatic carbocycles. The number of hydrogen-bond acceptors (Lipinski definition) is 7. The van der Waals surface area contributed by atoms with Gasteiger partial charge in [-0.3, -0.25) is 9.59 Å². The lowest BCUT2D eigenvalue weighted by Crippen LogP contribution is -2.69. The summed E-state index contributed by atoms with van der Waals surface area (Å²) in [6.07, 6.45) is -1.13. The van der Waals surface area contributed by atoms with Crippen LogP contribution in [0.4, 0.5) is 4.79 Å². The molecule has 1 amide bonds. The highest BCUT2D eigenvalue weighted by Gasteiger charge is 2.62. The molecule has 3 aliphatic rings. The molecule has 0 N–H and O–H groups in total. The summed E-state index contributed by atoms with van der Waals surface area (Å²) in [5.41, 5.74) is 0. The molecule has 0 spiro atoms. The molecule has 0 radical (unpaired) electrons. The molecule has 3 rings (SSSR count). The van der Waals surface area contributed by atoms with Gasteiger partial charge in [-0.2, -0.15) is 5.06 Å². The second-order valence-corrected chi connectivity index (χ2v) is 6.82. The van der Waals surface area contributed by atoms with Crippen LogP contribution in [0.3, 0.4) is 0 Å². The molecule has 10 heteroatoms. The van der Waals surface area contributed by atoms with Crippen LogP contribution in [0.1, 0.15) is 13.8 Å². The van der Waals surface area contributed by atoms with Gasteiger partial charge < -0.3 is 14.2 Å². The number of fused-ring (bicyclic) bond motifs is 2. The van der Waals surface area contributed by atoms with Gasteiger partial charge in [-0.1, -0.05) is 15.9 Å².